The maximum absolute atomic E-state index is 12.1. The molecular weight excluding hydrogens is 340 g/mol. The third kappa shape index (κ3) is 4.82. The highest BCUT2D eigenvalue weighted by molar-refractivity contribution is 6.61. The molecule has 1 aliphatic heterocycles. The lowest BCUT2D eigenvalue weighted by Crippen LogP contribution is -2.48. The molecule has 0 aromatic carbocycles. The summed E-state index contributed by atoms with van der Waals surface area (Å²) in [4.78, 5) is 23.2. The summed E-state index contributed by atoms with van der Waals surface area (Å²) < 4.78 is 40.3. The molecule has 136 valence electrons. The molecule has 1 aromatic heterocycles. The monoisotopic (exact) mass is 358 g/mol. The van der Waals surface area contributed by atoms with E-state index in [1.165, 1.54) is 12.8 Å². The van der Waals surface area contributed by atoms with Crippen LogP contribution in [0, 0.1) is 5.92 Å². The van der Waals surface area contributed by atoms with Crippen molar-refractivity contribution in [3.8, 4) is 0 Å². The lowest BCUT2D eigenvalue weighted by molar-refractivity contribution is -0.190. The van der Waals surface area contributed by atoms with Gasteiger partial charge in [0, 0.05) is 50.6 Å². The maximum Gasteiger partial charge on any atom is 0.565 e. The molecular formula is C14H18BF3N4O3. The lowest BCUT2D eigenvalue weighted by atomic mass is 9.82. The third-order valence-corrected chi connectivity index (χ3v) is 4.26. The number of carbonyl (C=O) groups is 1. The van der Waals surface area contributed by atoms with Gasteiger partial charge in [0.25, 0.3) is 0 Å². The minimum absolute atomic E-state index is 0.117. The van der Waals surface area contributed by atoms with Gasteiger partial charge in [-0.3, -0.25) is 4.90 Å². The summed E-state index contributed by atoms with van der Waals surface area (Å²) in [6.07, 6.45) is -0.222. The standard InChI is InChI=1S/C14H18BF3N4O3/c16-14(17,18)12(23)25-15(24)11-7-19-13(20-8-11)22-5-3-21(4-6-22)9-10-1-2-10/h7-8,10,24H,1-6,9H2. The van der Waals surface area contributed by atoms with Gasteiger partial charge in [-0.15, -0.1) is 0 Å². The van der Waals surface area contributed by atoms with Gasteiger partial charge >= 0.3 is 19.3 Å². The molecule has 0 amide bonds. The molecule has 0 unspecified atom stereocenters. The fraction of sp³-hybridized carbons (Fsp3) is 0.643. The normalized spacial score (nSPS) is 19.0. The van der Waals surface area contributed by atoms with Gasteiger partial charge in [-0.2, -0.15) is 13.2 Å². The Labute approximate surface area is 142 Å². The van der Waals surface area contributed by atoms with Gasteiger partial charge in [0.2, 0.25) is 5.95 Å². The summed E-state index contributed by atoms with van der Waals surface area (Å²) in [6, 6.07) is 0. The topological polar surface area (TPSA) is 78.8 Å². The van der Waals surface area contributed by atoms with E-state index < -0.39 is 19.3 Å². The van der Waals surface area contributed by atoms with E-state index in [0.29, 0.717) is 5.95 Å². The van der Waals surface area contributed by atoms with Crippen LogP contribution in [0.15, 0.2) is 12.4 Å². The van der Waals surface area contributed by atoms with E-state index in [2.05, 4.69) is 19.5 Å². The summed E-state index contributed by atoms with van der Waals surface area (Å²) in [6.45, 7) is 4.47. The van der Waals surface area contributed by atoms with Gasteiger partial charge in [-0.1, -0.05) is 0 Å². The first kappa shape index (κ1) is 17.9. The first-order chi connectivity index (χ1) is 11.8. The molecule has 2 aliphatic rings. The van der Waals surface area contributed by atoms with Gasteiger partial charge in [-0.25, -0.2) is 14.8 Å². The number of rotatable bonds is 5. The van der Waals surface area contributed by atoms with Crippen LogP contribution in [0.5, 0.6) is 0 Å². The molecule has 0 radical (unpaired) electrons. The molecule has 0 spiro atoms. The average molecular weight is 358 g/mol. The Morgan fingerprint density at radius 3 is 2.36 bits per heavy atom. The molecule has 3 rings (SSSR count). The van der Waals surface area contributed by atoms with Crippen molar-refractivity contribution in [3.05, 3.63) is 12.4 Å². The maximum atomic E-state index is 12.1. The number of alkyl halides is 3. The van der Waals surface area contributed by atoms with Crippen LogP contribution < -0.4 is 10.4 Å². The van der Waals surface area contributed by atoms with E-state index >= 15 is 0 Å². The van der Waals surface area contributed by atoms with Crippen molar-refractivity contribution in [1.82, 2.24) is 14.9 Å². The molecule has 2 fully saturated rings. The summed E-state index contributed by atoms with van der Waals surface area (Å²) in [5.41, 5.74) is -0.117. The fourth-order valence-electron chi connectivity index (χ4n) is 2.65. The minimum atomic E-state index is -5.16. The average Bonchev–Trinajstić information content (AvgIpc) is 3.39. The zero-order valence-electron chi connectivity index (χ0n) is 13.4. The van der Waals surface area contributed by atoms with Crippen LogP contribution >= 0.6 is 0 Å². The van der Waals surface area contributed by atoms with Crippen LogP contribution in [0.3, 0.4) is 0 Å². The van der Waals surface area contributed by atoms with Gasteiger partial charge in [-0.05, 0) is 18.8 Å². The van der Waals surface area contributed by atoms with Crippen LogP contribution in [0.25, 0.3) is 0 Å². The van der Waals surface area contributed by atoms with Crippen molar-refractivity contribution in [2.45, 2.75) is 19.0 Å². The first-order valence-electron chi connectivity index (χ1n) is 8.08. The number of piperazine rings is 1. The van der Waals surface area contributed by atoms with E-state index in [9.17, 15) is 23.0 Å². The second-order valence-corrected chi connectivity index (χ2v) is 6.30. The highest BCUT2D eigenvalue weighted by Gasteiger charge is 2.43. The largest absolute Gasteiger partial charge is 0.565 e. The fourth-order valence-corrected chi connectivity index (χ4v) is 2.65. The van der Waals surface area contributed by atoms with Crippen LogP contribution in [-0.4, -0.2) is 71.9 Å². The summed E-state index contributed by atoms with van der Waals surface area (Å²) in [5, 5.41) is 9.54. The van der Waals surface area contributed by atoms with Gasteiger partial charge < -0.3 is 14.6 Å². The molecule has 1 aliphatic carbocycles. The summed E-state index contributed by atoms with van der Waals surface area (Å²) in [7, 11) is -2.06. The lowest BCUT2D eigenvalue weighted by Gasteiger charge is -2.34. The molecule has 2 heterocycles. The second-order valence-electron chi connectivity index (χ2n) is 6.30. The van der Waals surface area contributed by atoms with Gasteiger partial charge in [0.05, 0.1) is 0 Å². The zero-order chi connectivity index (χ0) is 18.0. The van der Waals surface area contributed by atoms with Crippen LogP contribution in [0.4, 0.5) is 19.1 Å². The Bertz CT molecular complexity index is 604. The quantitative estimate of drug-likeness (QED) is 0.731. The molecule has 0 atom stereocenters. The Morgan fingerprint density at radius 2 is 1.84 bits per heavy atom. The van der Waals surface area contributed by atoms with Gasteiger partial charge in [0.1, 0.15) is 0 Å². The van der Waals surface area contributed by atoms with E-state index in [1.807, 2.05) is 4.90 Å². The first-order valence-corrected chi connectivity index (χ1v) is 8.08. The Balaban J connectivity index is 1.52. The third-order valence-electron chi connectivity index (χ3n) is 4.26. The van der Waals surface area contributed by atoms with Crippen LogP contribution in [0.1, 0.15) is 12.8 Å². The van der Waals surface area contributed by atoms with E-state index in [1.54, 1.807) is 0 Å². The highest BCUT2D eigenvalue weighted by atomic mass is 19.4. The van der Waals surface area contributed by atoms with E-state index in [-0.39, 0.29) is 5.46 Å². The molecule has 11 heteroatoms. The van der Waals surface area contributed by atoms with Crippen LogP contribution in [0.2, 0.25) is 0 Å². The van der Waals surface area contributed by atoms with E-state index in [4.69, 9.17) is 0 Å². The van der Waals surface area contributed by atoms with Crippen molar-refractivity contribution in [3.63, 3.8) is 0 Å². The molecule has 7 nitrogen and oxygen atoms in total. The zero-order valence-corrected chi connectivity index (χ0v) is 13.4. The number of hydrogen-bond donors (Lipinski definition) is 1. The SMILES string of the molecule is O=C(OB(O)c1cnc(N2CCN(CC3CC3)CC2)nc1)C(F)(F)F. The van der Waals surface area contributed by atoms with E-state index in [0.717, 1.165) is 51.0 Å². The highest BCUT2D eigenvalue weighted by Crippen LogP contribution is 2.30. The number of carbonyl (C=O) groups excluding carboxylic acids is 1. The minimum Gasteiger partial charge on any atom is -0.499 e. The summed E-state index contributed by atoms with van der Waals surface area (Å²) in [5.74, 6) is -1.19. The number of anilines is 1. The van der Waals surface area contributed by atoms with Gasteiger partial charge in [0.15, 0.2) is 0 Å². The van der Waals surface area contributed by atoms with Crippen molar-refractivity contribution in [1.29, 1.82) is 0 Å². The number of hydrogen-bond acceptors (Lipinski definition) is 7. The Morgan fingerprint density at radius 1 is 1.24 bits per heavy atom. The number of aromatic nitrogens is 2. The molecule has 25 heavy (non-hydrogen) atoms. The Kier molecular flexibility index (Phi) is 5.14. The van der Waals surface area contributed by atoms with Crippen molar-refractivity contribution in [2.75, 3.05) is 37.6 Å². The number of halogens is 3. The van der Waals surface area contributed by atoms with Crippen molar-refractivity contribution < 1.29 is 27.6 Å². The predicted molar refractivity (Wildman–Crippen MR) is 83.2 cm³/mol. The molecule has 1 aromatic rings. The predicted octanol–water partition coefficient (Wildman–Crippen LogP) is -0.198. The molecule has 1 saturated carbocycles. The molecule has 1 saturated heterocycles. The molecule has 0 bridgehead atoms. The van der Waals surface area contributed by atoms with Crippen molar-refractivity contribution in [2.24, 2.45) is 5.92 Å². The summed E-state index contributed by atoms with van der Waals surface area (Å²) >= 11 is 0. The smallest absolute Gasteiger partial charge is 0.499 e. The number of nitrogens with zero attached hydrogens (tertiary/aromatic N) is 4. The molecule has 1 N–H and O–H groups in total. The van der Waals surface area contributed by atoms with Crippen molar-refractivity contribution >= 4 is 24.5 Å². The second kappa shape index (κ2) is 7.16. The van der Waals surface area contributed by atoms with Crippen LogP contribution in [-0.2, 0) is 9.45 Å². The Hall–Kier alpha value is -1.88.